The zero-order chi connectivity index (χ0) is 7.56. The second-order valence-corrected chi connectivity index (χ2v) is 4.01. The van der Waals surface area contributed by atoms with E-state index in [1.807, 2.05) is 6.20 Å². The molecule has 0 fully saturated rings. The van der Waals surface area contributed by atoms with Gasteiger partial charge in [-0.15, -0.1) is 0 Å². The van der Waals surface area contributed by atoms with E-state index in [-0.39, 0.29) is 0 Å². The van der Waals surface area contributed by atoms with Crippen molar-refractivity contribution in [1.29, 1.82) is 0 Å². The zero-order valence-electron chi connectivity index (χ0n) is 6.51. The SMILES string of the molecule is C[Se]c1ncc(C)cc1C. The van der Waals surface area contributed by atoms with E-state index in [0.29, 0.717) is 15.0 Å². The molecule has 0 saturated heterocycles. The molecular weight excluding hydrogens is 189 g/mol. The number of rotatable bonds is 1. The van der Waals surface area contributed by atoms with Crippen LogP contribution < -0.4 is 4.59 Å². The Labute approximate surface area is 68.0 Å². The van der Waals surface area contributed by atoms with Crippen molar-refractivity contribution in [1.82, 2.24) is 4.98 Å². The molecule has 0 bridgehead atoms. The fraction of sp³-hybridized carbons (Fsp3) is 0.375. The van der Waals surface area contributed by atoms with E-state index < -0.39 is 0 Å². The Morgan fingerprint density at radius 1 is 1.40 bits per heavy atom. The van der Waals surface area contributed by atoms with Crippen LogP contribution in [0.2, 0.25) is 5.82 Å². The Balaban J connectivity index is 3.07. The van der Waals surface area contributed by atoms with Crippen molar-refractivity contribution < 1.29 is 0 Å². The van der Waals surface area contributed by atoms with Crippen molar-refractivity contribution in [3.05, 3.63) is 23.4 Å². The molecule has 0 aliphatic rings. The number of aryl methyl sites for hydroxylation is 2. The first-order valence-corrected chi connectivity index (χ1v) is 5.78. The van der Waals surface area contributed by atoms with Gasteiger partial charge in [0.05, 0.1) is 0 Å². The Morgan fingerprint density at radius 2 is 2.10 bits per heavy atom. The predicted molar refractivity (Wildman–Crippen MR) is 45.0 cm³/mol. The normalized spacial score (nSPS) is 9.90. The second kappa shape index (κ2) is 3.18. The van der Waals surface area contributed by atoms with Gasteiger partial charge in [-0.2, -0.15) is 0 Å². The number of aromatic nitrogens is 1. The average Bonchev–Trinajstić information content (AvgIpc) is 1.88. The van der Waals surface area contributed by atoms with Crippen LogP contribution in [0, 0.1) is 13.8 Å². The molecule has 1 heterocycles. The summed E-state index contributed by atoms with van der Waals surface area (Å²) in [5, 5.41) is 0. The summed E-state index contributed by atoms with van der Waals surface area (Å²) in [5.41, 5.74) is 2.59. The summed E-state index contributed by atoms with van der Waals surface area (Å²) in [6, 6.07) is 2.19. The Morgan fingerprint density at radius 3 is 2.60 bits per heavy atom. The maximum absolute atomic E-state index is 4.32. The molecule has 0 saturated carbocycles. The van der Waals surface area contributed by atoms with Crippen LogP contribution in [-0.2, 0) is 0 Å². The van der Waals surface area contributed by atoms with Crippen molar-refractivity contribution >= 4 is 19.5 Å². The maximum atomic E-state index is 4.32. The van der Waals surface area contributed by atoms with E-state index in [4.69, 9.17) is 0 Å². The number of hydrogen-bond donors (Lipinski definition) is 0. The molecule has 1 aromatic heterocycles. The van der Waals surface area contributed by atoms with Crippen molar-refractivity contribution in [3.8, 4) is 0 Å². The van der Waals surface area contributed by atoms with E-state index in [9.17, 15) is 0 Å². The van der Waals surface area contributed by atoms with Gasteiger partial charge in [0.2, 0.25) is 0 Å². The van der Waals surface area contributed by atoms with Crippen molar-refractivity contribution in [3.63, 3.8) is 0 Å². The molecule has 0 amide bonds. The summed E-state index contributed by atoms with van der Waals surface area (Å²) in [6.45, 7) is 4.20. The Kier molecular flexibility index (Phi) is 2.47. The molecule has 54 valence electrons. The van der Waals surface area contributed by atoms with E-state index in [1.54, 1.807) is 0 Å². The molecule has 0 radical (unpaired) electrons. The summed E-state index contributed by atoms with van der Waals surface area (Å²) in [5.74, 6) is 2.19. The first-order valence-electron chi connectivity index (χ1n) is 3.21. The van der Waals surface area contributed by atoms with Gasteiger partial charge in [-0.25, -0.2) is 0 Å². The molecule has 0 aliphatic carbocycles. The van der Waals surface area contributed by atoms with Gasteiger partial charge in [-0.1, -0.05) is 0 Å². The summed E-state index contributed by atoms with van der Waals surface area (Å²) < 4.78 is 1.28. The van der Waals surface area contributed by atoms with Gasteiger partial charge in [-0.3, -0.25) is 0 Å². The van der Waals surface area contributed by atoms with Crippen molar-refractivity contribution in [2.45, 2.75) is 19.7 Å². The third-order valence-corrected chi connectivity index (χ3v) is 3.07. The zero-order valence-corrected chi connectivity index (χ0v) is 8.22. The van der Waals surface area contributed by atoms with Crippen LogP contribution >= 0.6 is 0 Å². The first-order chi connectivity index (χ1) is 4.74. The molecule has 1 rings (SSSR count). The van der Waals surface area contributed by atoms with Crippen LogP contribution in [0.25, 0.3) is 0 Å². The molecule has 2 heteroatoms. The van der Waals surface area contributed by atoms with Crippen LogP contribution in [0.3, 0.4) is 0 Å². The Hall–Kier alpha value is -0.331. The van der Waals surface area contributed by atoms with Gasteiger partial charge in [0, 0.05) is 0 Å². The Bertz CT molecular complexity index is 233. The molecule has 10 heavy (non-hydrogen) atoms. The van der Waals surface area contributed by atoms with Gasteiger partial charge in [0.1, 0.15) is 0 Å². The van der Waals surface area contributed by atoms with Crippen LogP contribution in [0.4, 0.5) is 0 Å². The molecule has 0 atom stereocenters. The molecular formula is C8H11NSe. The fourth-order valence-electron chi connectivity index (χ4n) is 0.916. The van der Waals surface area contributed by atoms with Gasteiger partial charge in [0.25, 0.3) is 0 Å². The second-order valence-electron chi connectivity index (χ2n) is 2.34. The molecule has 0 aromatic carbocycles. The molecule has 0 N–H and O–H groups in total. The van der Waals surface area contributed by atoms with Crippen LogP contribution in [0.15, 0.2) is 12.3 Å². The van der Waals surface area contributed by atoms with Crippen LogP contribution in [0.5, 0.6) is 0 Å². The monoisotopic (exact) mass is 201 g/mol. The molecule has 1 aromatic rings. The van der Waals surface area contributed by atoms with Crippen LogP contribution in [-0.4, -0.2) is 19.9 Å². The third kappa shape index (κ3) is 1.59. The van der Waals surface area contributed by atoms with Gasteiger partial charge in [0.15, 0.2) is 0 Å². The standard InChI is InChI=1S/C8H11NSe/c1-6-4-7(2)8(10-3)9-5-6/h4-5H,1-3H3. The predicted octanol–water partition coefficient (Wildman–Crippen LogP) is 1.08. The van der Waals surface area contributed by atoms with Gasteiger partial charge >= 0.3 is 67.6 Å². The number of hydrogen-bond acceptors (Lipinski definition) is 1. The molecule has 0 unspecified atom stereocenters. The van der Waals surface area contributed by atoms with Crippen LogP contribution in [0.1, 0.15) is 11.1 Å². The van der Waals surface area contributed by atoms with Crippen molar-refractivity contribution in [2.75, 3.05) is 0 Å². The molecule has 1 nitrogen and oxygen atoms in total. The first kappa shape index (κ1) is 7.77. The fourth-order valence-corrected chi connectivity index (χ4v) is 2.05. The van der Waals surface area contributed by atoms with E-state index in [0.717, 1.165) is 0 Å². The molecule has 0 aliphatic heterocycles. The third-order valence-electron chi connectivity index (χ3n) is 1.36. The summed E-state index contributed by atoms with van der Waals surface area (Å²) in [6.07, 6.45) is 1.94. The summed E-state index contributed by atoms with van der Waals surface area (Å²) in [4.78, 5) is 4.32. The van der Waals surface area contributed by atoms with E-state index in [2.05, 4.69) is 30.7 Å². The number of nitrogens with zero attached hydrogens (tertiary/aromatic N) is 1. The minimum atomic E-state index is 0.539. The van der Waals surface area contributed by atoms with Crippen molar-refractivity contribution in [2.24, 2.45) is 0 Å². The van der Waals surface area contributed by atoms with E-state index in [1.165, 1.54) is 15.7 Å². The summed E-state index contributed by atoms with van der Waals surface area (Å²) >= 11 is 0.539. The molecule has 0 spiro atoms. The summed E-state index contributed by atoms with van der Waals surface area (Å²) in [7, 11) is 0. The minimum absolute atomic E-state index is 0.539. The topological polar surface area (TPSA) is 12.9 Å². The quantitative estimate of drug-likeness (QED) is 0.618. The average molecular weight is 200 g/mol. The van der Waals surface area contributed by atoms with Gasteiger partial charge in [-0.05, 0) is 0 Å². The van der Waals surface area contributed by atoms with Gasteiger partial charge < -0.3 is 0 Å². The van der Waals surface area contributed by atoms with E-state index >= 15 is 0 Å². The number of pyridine rings is 1.